The van der Waals surface area contributed by atoms with Crippen molar-refractivity contribution in [2.75, 3.05) is 26.2 Å². The average Bonchev–Trinajstić information content (AvgIpc) is 3.02. The van der Waals surface area contributed by atoms with Gasteiger partial charge < -0.3 is 0 Å². The van der Waals surface area contributed by atoms with E-state index in [0.717, 1.165) is 12.2 Å². The molecule has 0 aromatic carbocycles. The zero-order valence-electron chi connectivity index (χ0n) is 14.6. The first-order chi connectivity index (χ1) is 11.3. The smallest absolute Gasteiger partial charge is 0.246 e. The minimum absolute atomic E-state index is 0.307. The van der Waals surface area contributed by atoms with Crippen molar-refractivity contribution < 1.29 is 8.42 Å². The lowest BCUT2D eigenvalue weighted by Gasteiger charge is -2.33. The van der Waals surface area contributed by atoms with E-state index >= 15 is 0 Å². The first-order valence-electron chi connectivity index (χ1n) is 7.99. The first-order valence-corrected chi connectivity index (χ1v) is 9.43. The van der Waals surface area contributed by atoms with Gasteiger partial charge in [0.15, 0.2) is 0 Å². The van der Waals surface area contributed by atoms with Gasteiger partial charge in [-0.25, -0.2) is 8.42 Å². The Kier molecular flexibility index (Phi) is 4.50. The summed E-state index contributed by atoms with van der Waals surface area (Å²) in [5.74, 6) is 0. The summed E-state index contributed by atoms with van der Waals surface area (Å²) in [6.07, 6.45) is 3.47. The fraction of sp³-hybridized carbons (Fsp3) is 0.600. The van der Waals surface area contributed by atoms with Crippen molar-refractivity contribution in [3.8, 4) is 0 Å². The molecule has 0 atom stereocenters. The maximum absolute atomic E-state index is 12.8. The predicted octanol–water partition coefficient (Wildman–Crippen LogP) is 0.277. The molecule has 0 aliphatic carbocycles. The highest BCUT2D eigenvalue weighted by molar-refractivity contribution is 7.89. The Labute approximate surface area is 142 Å². The summed E-state index contributed by atoms with van der Waals surface area (Å²) >= 11 is 0. The summed E-state index contributed by atoms with van der Waals surface area (Å²) in [6.45, 7) is 7.01. The topological polar surface area (TPSA) is 76.3 Å². The van der Waals surface area contributed by atoms with Crippen LogP contribution in [0.5, 0.6) is 0 Å². The molecule has 0 radical (unpaired) electrons. The molecule has 8 nitrogen and oxygen atoms in total. The van der Waals surface area contributed by atoms with Gasteiger partial charge in [0.1, 0.15) is 4.90 Å². The van der Waals surface area contributed by atoms with E-state index in [1.807, 2.05) is 24.9 Å². The third-order valence-electron chi connectivity index (χ3n) is 4.65. The first kappa shape index (κ1) is 17.1. The number of sulfonamides is 1. The standard InChI is InChI=1S/C15H24N6O2S/c1-12-14(10-18(3)17-12)11-20-5-7-21(8-6-20)24(22,23)15-9-16-19(4)13(15)2/h9-10H,5-8,11H2,1-4H3. The summed E-state index contributed by atoms with van der Waals surface area (Å²) < 4.78 is 30.5. The molecule has 0 unspecified atom stereocenters. The van der Waals surface area contributed by atoms with Gasteiger partial charge in [-0.1, -0.05) is 0 Å². The van der Waals surface area contributed by atoms with Gasteiger partial charge in [-0.05, 0) is 13.8 Å². The molecule has 0 spiro atoms. The summed E-state index contributed by atoms with van der Waals surface area (Å²) in [4.78, 5) is 2.58. The Morgan fingerprint density at radius 3 is 2.29 bits per heavy atom. The molecule has 24 heavy (non-hydrogen) atoms. The van der Waals surface area contributed by atoms with Crippen LogP contribution < -0.4 is 0 Å². The molecule has 1 aliphatic rings. The van der Waals surface area contributed by atoms with Crippen LogP contribution in [-0.2, 0) is 30.7 Å². The van der Waals surface area contributed by atoms with Crippen LogP contribution in [0.1, 0.15) is 17.0 Å². The molecule has 132 valence electrons. The molecule has 1 saturated heterocycles. The molecule has 0 amide bonds. The fourth-order valence-electron chi connectivity index (χ4n) is 3.04. The van der Waals surface area contributed by atoms with Crippen LogP contribution in [0, 0.1) is 13.8 Å². The van der Waals surface area contributed by atoms with Crippen LogP contribution in [-0.4, -0.2) is 63.4 Å². The zero-order chi connectivity index (χ0) is 17.5. The maximum Gasteiger partial charge on any atom is 0.246 e. The average molecular weight is 352 g/mol. The van der Waals surface area contributed by atoms with Crippen LogP contribution in [0.3, 0.4) is 0 Å². The Morgan fingerprint density at radius 2 is 1.79 bits per heavy atom. The number of aromatic nitrogens is 4. The number of hydrogen-bond acceptors (Lipinski definition) is 5. The molecule has 1 aliphatic heterocycles. The second kappa shape index (κ2) is 6.30. The Hall–Kier alpha value is -1.71. The van der Waals surface area contributed by atoms with E-state index in [4.69, 9.17) is 0 Å². The second-order valence-electron chi connectivity index (χ2n) is 6.31. The predicted molar refractivity (Wildman–Crippen MR) is 89.9 cm³/mol. The fourth-order valence-corrected chi connectivity index (χ4v) is 4.65. The van der Waals surface area contributed by atoms with Gasteiger partial charge in [-0.3, -0.25) is 14.3 Å². The van der Waals surface area contributed by atoms with Crippen LogP contribution in [0.2, 0.25) is 0 Å². The molecule has 0 saturated carbocycles. The van der Waals surface area contributed by atoms with Gasteiger partial charge >= 0.3 is 0 Å². The molecule has 9 heteroatoms. The largest absolute Gasteiger partial charge is 0.296 e. The van der Waals surface area contributed by atoms with E-state index in [9.17, 15) is 8.42 Å². The van der Waals surface area contributed by atoms with Crippen molar-refractivity contribution in [2.45, 2.75) is 25.3 Å². The lowest BCUT2D eigenvalue weighted by atomic mass is 10.2. The van der Waals surface area contributed by atoms with E-state index in [0.29, 0.717) is 36.8 Å². The van der Waals surface area contributed by atoms with E-state index in [1.54, 1.807) is 23.0 Å². The van der Waals surface area contributed by atoms with Gasteiger partial charge in [-0.2, -0.15) is 14.5 Å². The molecule has 0 N–H and O–H groups in total. The quantitative estimate of drug-likeness (QED) is 0.790. The van der Waals surface area contributed by atoms with Crippen molar-refractivity contribution in [2.24, 2.45) is 14.1 Å². The van der Waals surface area contributed by atoms with Gasteiger partial charge in [-0.15, -0.1) is 0 Å². The number of rotatable bonds is 4. The van der Waals surface area contributed by atoms with E-state index < -0.39 is 10.0 Å². The SMILES string of the molecule is Cc1nn(C)cc1CN1CCN(S(=O)(=O)c2cnn(C)c2C)CC1. The van der Waals surface area contributed by atoms with Gasteiger partial charge in [0.25, 0.3) is 0 Å². The summed E-state index contributed by atoms with van der Waals surface area (Å²) in [6, 6.07) is 0. The Balaban J connectivity index is 1.66. The Bertz CT molecular complexity index is 830. The highest BCUT2D eigenvalue weighted by Crippen LogP contribution is 2.21. The van der Waals surface area contributed by atoms with Crippen molar-refractivity contribution >= 4 is 10.0 Å². The molecule has 0 bridgehead atoms. The Morgan fingerprint density at radius 1 is 1.12 bits per heavy atom. The summed E-state index contributed by atoms with van der Waals surface area (Å²) in [5.41, 5.74) is 2.89. The normalized spacial score (nSPS) is 17.5. The molecular weight excluding hydrogens is 328 g/mol. The number of nitrogens with zero attached hydrogens (tertiary/aromatic N) is 6. The third-order valence-corrected chi connectivity index (χ3v) is 6.65. The van der Waals surface area contributed by atoms with Gasteiger partial charge in [0, 0.05) is 58.6 Å². The van der Waals surface area contributed by atoms with Crippen molar-refractivity contribution in [1.29, 1.82) is 0 Å². The minimum Gasteiger partial charge on any atom is -0.296 e. The molecule has 3 heterocycles. The lowest BCUT2D eigenvalue weighted by molar-refractivity contribution is 0.181. The summed E-state index contributed by atoms with van der Waals surface area (Å²) in [5, 5.41) is 8.41. The molecule has 3 rings (SSSR count). The third kappa shape index (κ3) is 3.11. The van der Waals surface area contributed by atoms with Gasteiger partial charge in [0.2, 0.25) is 10.0 Å². The van der Waals surface area contributed by atoms with Gasteiger partial charge in [0.05, 0.1) is 17.6 Å². The number of aryl methyl sites for hydroxylation is 3. The van der Waals surface area contributed by atoms with Crippen molar-refractivity contribution in [1.82, 2.24) is 28.8 Å². The maximum atomic E-state index is 12.8. The zero-order valence-corrected chi connectivity index (χ0v) is 15.4. The van der Waals surface area contributed by atoms with Crippen LogP contribution in [0.4, 0.5) is 0 Å². The van der Waals surface area contributed by atoms with Crippen molar-refractivity contribution in [3.63, 3.8) is 0 Å². The molecule has 1 fully saturated rings. The highest BCUT2D eigenvalue weighted by Gasteiger charge is 2.31. The van der Waals surface area contributed by atoms with Crippen LogP contribution >= 0.6 is 0 Å². The number of hydrogen-bond donors (Lipinski definition) is 0. The lowest BCUT2D eigenvalue weighted by Crippen LogP contribution is -2.48. The summed E-state index contributed by atoms with van der Waals surface area (Å²) in [7, 11) is 0.201. The second-order valence-corrected chi connectivity index (χ2v) is 8.22. The van der Waals surface area contributed by atoms with E-state index in [-0.39, 0.29) is 0 Å². The minimum atomic E-state index is -3.47. The monoisotopic (exact) mass is 352 g/mol. The molecular formula is C15H24N6O2S. The van der Waals surface area contributed by atoms with Crippen LogP contribution in [0.25, 0.3) is 0 Å². The molecule has 2 aromatic rings. The molecule has 2 aromatic heterocycles. The van der Waals surface area contributed by atoms with E-state index in [1.165, 1.54) is 11.8 Å². The van der Waals surface area contributed by atoms with E-state index in [2.05, 4.69) is 15.1 Å². The number of piperazine rings is 1. The van der Waals surface area contributed by atoms with Crippen LogP contribution in [0.15, 0.2) is 17.3 Å². The highest BCUT2D eigenvalue weighted by atomic mass is 32.2. The van der Waals surface area contributed by atoms with Crippen molar-refractivity contribution in [3.05, 3.63) is 29.3 Å².